The van der Waals surface area contributed by atoms with Gasteiger partial charge in [0.2, 0.25) is 0 Å². The first-order chi connectivity index (χ1) is 14.1. The Morgan fingerprint density at radius 3 is 2.10 bits per heavy atom. The highest BCUT2D eigenvalue weighted by molar-refractivity contribution is 6.01. The van der Waals surface area contributed by atoms with Crippen LogP contribution in [-0.2, 0) is 14.1 Å². The zero-order chi connectivity index (χ0) is 22.2. The summed E-state index contributed by atoms with van der Waals surface area (Å²) in [5.74, 6) is -2.21. The molecule has 0 aliphatic heterocycles. The summed E-state index contributed by atoms with van der Waals surface area (Å²) in [6, 6.07) is 2.87. The molecule has 2 aromatic heterocycles. The number of amides is 4. The van der Waals surface area contributed by atoms with Crippen molar-refractivity contribution in [3.05, 3.63) is 34.9 Å². The minimum absolute atomic E-state index is 0.000807. The Hall–Kier alpha value is -3.70. The van der Waals surface area contributed by atoms with Crippen LogP contribution in [0.2, 0.25) is 0 Å². The number of aromatic nitrogens is 4. The molecule has 1 fully saturated rings. The van der Waals surface area contributed by atoms with E-state index in [0.29, 0.717) is 0 Å². The van der Waals surface area contributed by atoms with E-state index >= 15 is 0 Å². The number of nitrogens with one attached hydrogen (secondary N) is 1. The fourth-order valence-electron chi connectivity index (χ4n) is 2.97. The lowest BCUT2D eigenvalue weighted by Gasteiger charge is -2.20. The number of nitrogens with two attached hydrogens (primary N) is 1. The molecule has 2 aromatic rings. The van der Waals surface area contributed by atoms with Crippen LogP contribution in [0.25, 0.3) is 0 Å². The van der Waals surface area contributed by atoms with Gasteiger partial charge in [0.1, 0.15) is 11.4 Å². The van der Waals surface area contributed by atoms with Gasteiger partial charge in [-0.1, -0.05) is 0 Å². The van der Waals surface area contributed by atoms with Gasteiger partial charge in [-0.05, 0) is 19.8 Å². The third-order valence-corrected chi connectivity index (χ3v) is 4.90. The van der Waals surface area contributed by atoms with Crippen LogP contribution in [0, 0.1) is 0 Å². The van der Waals surface area contributed by atoms with E-state index in [9.17, 15) is 19.2 Å². The van der Waals surface area contributed by atoms with E-state index in [2.05, 4.69) is 15.6 Å². The van der Waals surface area contributed by atoms with Crippen LogP contribution in [0.1, 0.15) is 61.7 Å². The molecule has 3 rings (SSSR count). The quantitative estimate of drug-likeness (QED) is 0.595. The molecule has 0 aromatic carbocycles. The molecule has 0 unspecified atom stereocenters. The normalized spacial score (nSPS) is 13.1. The maximum atomic E-state index is 12.8. The molecule has 0 bridgehead atoms. The van der Waals surface area contributed by atoms with E-state index in [-0.39, 0.29) is 41.3 Å². The van der Waals surface area contributed by atoms with Crippen LogP contribution in [0.4, 0.5) is 0 Å². The summed E-state index contributed by atoms with van der Waals surface area (Å²) in [7, 11) is 4.79. The predicted octanol–water partition coefficient (Wildman–Crippen LogP) is -0.706. The van der Waals surface area contributed by atoms with Crippen LogP contribution >= 0.6 is 0 Å². The molecule has 1 saturated carbocycles. The smallest absolute Gasteiger partial charge is 0.290 e. The molecular formula is C18H24N8O4. The van der Waals surface area contributed by atoms with Gasteiger partial charge in [-0.2, -0.15) is 10.2 Å². The predicted molar refractivity (Wildman–Crippen MR) is 104 cm³/mol. The lowest BCUT2D eigenvalue weighted by atomic mass is 10.3. The molecule has 0 spiro atoms. The number of rotatable bonds is 6. The number of hydrazine groups is 1. The number of carbonyl (C=O) groups excluding carboxylic acids is 4. The Bertz CT molecular complexity index is 1020. The highest BCUT2D eigenvalue weighted by Gasteiger charge is 2.32. The SMILES string of the molecule is CCN(NC(=O)c1cc(C(=O)N(C)C2CC2)n(C)n1)C(=O)c1cc(C(N)=O)nn1C. The highest BCUT2D eigenvalue weighted by Crippen LogP contribution is 2.26. The Balaban J connectivity index is 1.75. The molecule has 1 aliphatic rings. The molecule has 2 heterocycles. The first-order valence-corrected chi connectivity index (χ1v) is 9.41. The molecule has 0 atom stereocenters. The monoisotopic (exact) mass is 416 g/mol. The maximum absolute atomic E-state index is 12.8. The molecule has 3 N–H and O–H groups in total. The minimum Gasteiger partial charge on any atom is -0.364 e. The van der Waals surface area contributed by atoms with Crippen LogP contribution in [0.15, 0.2) is 12.1 Å². The van der Waals surface area contributed by atoms with Gasteiger partial charge >= 0.3 is 0 Å². The van der Waals surface area contributed by atoms with E-state index < -0.39 is 17.7 Å². The molecule has 30 heavy (non-hydrogen) atoms. The Morgan fingerprint density at radius 2 is 1.60 bits per heavy atom. The first-order valence-electron chi connectivity index (χ1n) is 9.41. The molecule has 0 radical (unpaired) electrons. The Kier molecular flexibility index (Phi) is 5.58. The fourth-order valence-corrected chi connectivity index (χ4v) is 2.97. The Morgan fingerprint density at radius 1 is 1.07 bits per heavy atom. The standard InChI is InChI=1S/C18H24N8O4/c1-5-26(18(30)14-8-11(15(19)27)20-25(14)4)22-16(28)12-9-13(24(3)21-12)17(29)23(2)10-6-7-10/h8-10H,5-7H2,1-4H3,(H2,19,27)(H,22,28). The lowest BCUT2D eigenvalue weighted by molar-refractivity contribution is 0.0584. The van der Waals surface area contributed by atoms with Crippen molar-refractivity contribution < 1.29 is 19.2 Å². The van der Waals surface area contributed by atoms with Crippen molar-refractivity contribution in [1.29, 1.82) is 0 Å². The second-order valence-corrected chi connectivity index (χ2v) is 7.08. The molecule has 12 heteroatoms. The van der Waals surface area contributed by atoms with Gasteiger partial charge in [0, 0.05) is 45.9 Å². The van der Waals surface area contributed by atoms with Gasteiger partial charge in [-0.25, -0.2) is 5.01 Å². The summed E-state index contributed by atoms with van der Waals surface area (Å²) in [6.45, 7) is 1.81. The third-order valence-electron chi connectivity index (χ3n) is 4.90. The molecule has 4 amide bonds. The zero-order valence-electron chi connectivity index (χ0n) is 17.2. The van der Waals surface area contributed by atoms with Gasteiger partial charge < -0.3 is 10.6 Å². The number of hydrogen-bond donors (Lipinski definition) is 2. The second kappa shape index (κ2) is 7.97. The van der Waals surface area contributed by atoms with E-state index in [1.54, 1.807) is 25.9 Å². The van der Waals surface area contributed by atoms with E-state index in [1.807, 2.05) is 0 Å². The largest absolute Gasteiger partial charge is 0.364 e. The molecular weight excluding hydrogens is 392 g/mol. The van der Waals surface area contributed by atoms with Crippen molar-refractivity contribution in [3.8, 4) is 0 Å². The van der Waals surface area contributed by atoms with Crippen molar-refractivity contribution in [3.63, 3.8) is 0 Å². The van der Waals surface area contributed by atoms with Gasteiger partial charge in [0.15, 0.2) is 11.4 Å². The zero-order valence-corrected chi connectivity index (χ0v) is 17.2. The number of hydrogen-bond acceptors (Lipinski definition) is 6. The average molecular weight is 416 g/mol. The number of aryl methyl sites for hydroxylation is 2. The van der Waals surface area contributed by atoms with E-state index in [4.69, 9.17) is 5.73 Å². The number of nitrogens with zero attached hydrogens (tertiary/aromatic N) is 6. The second-order valence-electron chi connectivity index (χ2n) is 7.08. The molecule has 1 aliphatic carbocycles. The van der Waals surface area contributed by atoms with Crippen molar-refractivity contribution in [2.75, 3.05) is 13.6 Å². The van der Waals surface area contributed by atoms with Gasteiger partial charge in [-0.15, -0.1) is 0 Å². The van der Waals surface area contributed by atoms with E-state index in [1.165, 1.54) is 28.5 Å². The maximum Gasteiger partial charge on any atom is 0.290 e. The van der Waals surface area contributed by atoms with Gasteiger partial charge in [0.05, 0.1) is 0 Å². The molecule has 0 saturated heterocycles. The summed E-state index contributed by atoms with van der Waals surface area (Å²) < 4.78 is 2.55. The van der Waals surface area contributed by atoms with Gasteiger partial charge in [-0.3, -0.25) is 34.0 Å². The molecule has 160 valence electrons. The highest BCUT2D eigenvalue weighted by atomic mass is 16.2. The third kappa shape index (κ3) is 4.02. The lowest BCUT2D eigenvalue weighted by Crippen LogP contribution is -2.46. The van der Waals surface area contributed by atoms with Crippen LogP contribution in [-0.4, -0.2) is 72.7 Å². The minimum atomic E-state index is -0.765. The van der Waals surface area contributed by atoms with Crippen molar-refractivity contribution in [1.82, 2.24) is 34.9 Å². The average Bonchev–Trinajstić information content (AvgIpc) is 3.37. The number of primary amides is 1. The van der Waals surface area contributed by atoms with Crippen LogP contribution in [0.5, 0.6) is 0 Å². The number of carbonyl (C=O) groups is 4. The summed E-state index contributed by atoms with van der Waals surface area (Å²) in [5, 5.41) is 9.04. The summed E-state index contributed by atoms with van der Waals surface area (Å²) >= 11 is 0. The fraction of sp³-hybridized carbons (Fsp3) is 0.444. The van der Waals surface area contributed by atoms with Crippen molar-refractivity contribution >= 4 is 23.6 Å². The molecule has 12 nitrogen and oxygen atoms in total. The topological polar surface area (TPSA) is 148 Å². The van der Waals surface area contributed by atoms with Crippen molar-refractivity contribution in [2.45, 2.75) is 25.8 Å². The summed E-state index contributed by atoms with van der Waals surface area (Å²) in [6.07, 6.45) is 1.93. The van der Waals surface area contributed by atoms with E-state index in [0.717, 1.165) is 17.9 Å². The van der Waals surface area contributed by atoms with Gasteiger partial charge in [0.25, 0.3) is 23.6 Å². The van der Waals surface area contributed by atoms with Crippen LogP contribution in [0.3, 0.4) is 0 Å². The van der Waals surface area contributed by atoms with Crippen molar-refractivity contribution in [2.24, 2.45) is 19.8 Å². The summed E-state index contributed by atoms with van der Waals surface area (Å²) in [5.41, 5.74) is 7.97. The van der Waals surface area contributed by atoms with Crippen LogP contribution < -0.4 is 11.2 Å². The summed E-state index contributed by atoms with van der Waals surface area (Å²) in [4.78, 5) is 50.9. The first kappa shape index (κ1) is 21.0. The Labute approximate surface area is 172 Å².